The molecule has 2 atom stereocenters. The number of hydrogen-bond donors (Lipinski definition) is 1. The molecule has 0 aliphatic rings. The molecule has 18 heavy (non-hydrogen) atoms. The summed E-state index contributed by atoms with van der Waals surface area (Å²) < 4.78 is 37.6. The second-order valence-electron chi connectivity index (χ2n) is 4.09. The van der Waals surface area contributed by atoms with E-state index in [1.165, 1.54) is 12.1 Å². The van der Waals surface area contributed by atoms with Gasteiger partial charge in [-0.1, -0.05) is 31.5 Å². The first-order chi connectivity index (χ1) is 8.40. The Morgan fingerprint density at radius 2 is 2.06 bits per heavy atom. The quantitative estimate of drug-likeness (QED) is 0.897. The lowest BCUT2D eigenvalue weighted by atomic mass is 9.91. The van der Waals surface area contributed by atoms with Crippen molar-refractivity contribution >= 4 is 0 Å². The Morgan fingerprint density at radius 1 is 1.39 bits per heavy atom. The van der Waals surface area contributed by atoms with E-state index in [4.69, 9.17) is 5.26 Å². The third-order valence-electron chi connectivity index (χ3n) is 2.68. The van der Waals surface area contributed by atoms with Crippen molar-refractivity contribution in [1.29, 1.82) is 5.26 Å². The van der Waals surface area contributed by atoms with Crippen molar-refractivity contribution in [2.75, 3.05) is 0 Å². The number of nitrogens with zero attached hydrogens (tertiary/aromatic N) is 1. The topological polar surface area (TPSA) is 44.0 Å². The zero-order valence-corrected chi connectivity index (χ0v) is 9.91. The van der Waals surface area contributed by atoms with Crippen molar-refractivity contribution < 1.29 is 18.3 Å². The minimum absolute atomic E-state index is 0.202. The van der Waals surface area contributed by atoms with Gasteiger partial charge >= 0.3 is 6.18 Å². The van der Waals surface area contributed by atoms with E-state index in [1.807, 2.05) is 13.0 Å². The predicted octanol–water partition coefficient (Wildman–Crippen LogP) is 3.47. The molecule has 0 aliphatic carbocycles. The van der Waals surface area contributed by atoms with Gasteiger partial charge in [0, 0.05) is 0 Å². The lowest BCUT2D eigenvalue weighted by molar-refractivity contribution is -0.137. The number of halogens is 3. The van der Waals surface area contributed by atoms with Crippen LogP contribution < -0.4 is 0 Å². The summed E-state index contributed by atoms with van der Waals surface area (Å²) in [4.78, 5) is 0. The van der Waals surface area contributed by atoms with Gasteiger partial charge in [-0.2, -0.15) is 18.4 Å². The van der Waals surface area contributed by atoms with Crippen LogP contribution in [0.5, 0.6) is 0 Å². The van der Waals surface area contributed by atoms with Gasteiger partial charge in [0.25, 0.3) is 0 Å². The number of benzene rings is 1. The SMILES string of the molecule is CCCC(O)C(C#N)c1cccc(C(F)(F)F)c1. The maximum atomic E-state index is 12.5. The molecule has 1 N–H and O–H groups in total. The molecule has 5 heteroatoms. The Bertz CT molecular complexity index is 437. The zero-order chi connectivity index (χ0) is 13.8. The summed E-state index contributed by atoms with van der Waals surface area (Å²) in [5, 5.41) is 18.7. The molecular formula is C13H14F3NO. The third kappa shape index (κ3) is 3.47. The van der Waals surface area contributed by atoms with E-state index in [2.05, 4.69) is 0 Å². The molecule has 0 heterocycles. The van der Waals surface area contributed by atoms with Crippen LogP contribution in [0.1, 0.15) is 36.8 Å². The molecule has 0 saturated heterocycles. The first-order valence-corrected chi connectivity index (χ1v) is 5.65. The van der Waals surface area contributed by atoms with Gasteiger partial charge in [-0.05, 0) is 18.1 Å². The molecule has 2 nitrogen and oxygen atoms in total. The lowest BCUT2D eigenvalue weighted by Crippen LogP contribution is -2.17. The highest BCUT2D eigenvalue weighted by atomic mass is 19.4. The van der Waals surface area contributed by atoms with Crippen molar-refractivity contribution in [2.24, 2.45) is 0 Å². The molecule has 0 amide bonds. The Kier molecular flexibility index (Phi) is 4.74. The second kappa shape index (κ2) is 5.87. The monoisotopic (exact) mass is 257 g/mol. The number of aliphatic hydroxyl groups is 1. The average Bonchev–Trinajstić information content (AvgIpc) is 2.29. The van der Waals surface area contributed by atoms with Gasteiger partial charge in [0.05, 0.1) is 23.7 Å². The van der Waals surface area contributed by atoms with Gasteiger partial charge in [0.1, 0.15) is 0 Å². The van der Waals surface area contributed by atoms with Gasteiger partial charge < -0.3 is 5.11 Å². The molecule has 1 aromatic carbocycles. The van der Waals surface area contributed by atoms with Crippen molar-refractivity contribution in [3.8, 4) is 6.07 Å². The van der Waals surface area contributed by atoms with Crippen molar-refractivity contribution in [2.45, 2.75) is 38.0 Å². The van der Waals surface area contributed by atoms with Crippen LogP contribution in [0.25, 0.3) is 0 Å². The zero-order valence-electron chi connectivity index (χ0n) is 9.91. The first-order valence-electron chi connectivity index (χ1n) is 5.65. The molecule has 2 unspecified atom stereocenters. The summed E-state index contributed by atoms with van der Waals surface area (Å²) in [6.07, 6.45) is -4.33. The molecule has 0 bridgehead atoms. The van der Waals surface area contributed by atoms with Crippen LogP contribution in [0.3, 0.4) is 0 Å². The average molecular weight is 257 g/mol. The fourth-order valence-electron chi connectivity index (χ4n) is 1.75. The van der Waals surface area contributed by atoms with Gasteiger partial charge in [-0.25, -0.2) is 0 Å². The van der Waals surface area contributed by atoms with E-state index >= 15 is 0 Å². The molecular weight excluding hydrogens is 243 g/mol. The number of alkyl halides is 3. The summed E-state index contributed by atoms with van der Waals surface area (Å²) >= 11 is 0. The highest BCUT2D eigenvalue weighted by Crippen LogP contribution is 2.32. The Labute approximate surface area is 104 Å². The van der Waals surface area contributed by atoms with Crippen LogP contribution in [-0.2, 0) is 6.18 Å². The fraction of sp³-hybridized carbons (Fsp3) is 0.462. The summed E-state index contributed by atoms with van der Waals surface area (Å²) in [7, 11) is 0. The van der Waals surface area contributed by atoms with Crippen molar-refractivity contribution in [3.05, 3.63) is 35.4 Å². The smallest absolute Gasteiger partial charge is 0.391 e. The van der Waals surface area contributed by atoms with Crippen LogP contribution in [0, 0.1) is 11.3 Å². The summed E-state index contributed by atoms with van der Waals surface area (Å²) in [6, 6.07) is 6.42. The molecule has 0 spiro atoms. The number of aliphatic hydroxyl groups excluding tert-OH is 1. The molecule has 0 fully saturated rings. The van der Waals surface area contributed by atoms with Gasteiger partial charge in [-0.15, -0.1) is 0 Å². The van der Waals surface area contributed by atoms with E-state index in [1.54, 1.807) is 0 Å². The van der Waals surface area contributed by atoms with E-state index in [-0.39, 0.29) is 5.56 Å². The van der Waals surface area contributed by atoms with Gasteiger partial charge in [0.15, 0.2) is 0 Å². The largest absolute Gasteiger partial charge is 0.416 e. The van der Waals surface area contributed by atoms with E-state index in [0.717, 1.165) is 12.1 Å². The standard InChI is InChI=1S/C13H14F3NO/c1-2-4-12(18)11(8-17)9-5-3-6-10(7-9)13(14,15)16/h3,5-7,11-12,18H,2,4H2,1H3. The van der Waals surface area contributed by atoms with Gasteiger partial charge in [0.2, 0.25) is 0 Å². The number of rotatable bonds is 4. The lowest BCUT2D eigenvalue weighted by Gasteiger charge is -2.17. The van der Waals surface area contributed by atoms with Crippen LogP contribution >= 0.6 is 0 Å². The fourth-order valence-corrected chi connectivity index (χ4v) is 1.75. The van der Waals surface area contributed by atoms with Crippen LogP contribution in [-0.4, -0.2) is 11.2 Å². The first kappa shape index (κ1) is 14.5. The summed E-state index contributed by atoms with van der Waals surface area (Å²) in [6.45, 7) is 1.84. The van der Waals surface area contributed by atoms with E-state index in [9.17, 15) is 18.3 Å². The molecule has 0 aromatic heterocycles. The molecule has 1 aromatic rings. The van der Waals surface area contributed by atoms with Crippen LogP contribution in [0.15, 0.2) is 24.3 Å². The third-order valence-corrected chi connectivity index (χ3v) is 2.68. The maximum Gasteiger partial charge on any atom is 0.416 e. The Morgan fingerprint density at radius 3 is 2.56 bits per heavy atom. The highest BCUT2D eigenvalue weighted by molar-refractivity contribution is 5.32. The highest BCUT2D eigenvalue weighted by Gasteiger charge is 2.31. The molecule has 0 saturated carbocycles. The maximum absolute atomic E-state index is 12.5. The van der Waals surface area contributed by atoms with Crippen molar-refractivity contribution in [1.82, 2.24) is 0 Å². The minimum Gasteiger partial charge on any atom is -0.391 e. The molecule has 1 rings (SSSR count). The van der Waals surface area contributed by atoms with Crippen molar-refractivity contribution in [3.63, 3.8) is 0 Å². The van der Waals surface area contributed by atoms with E-state index < -0.39 is 23.8 Å². The van der Waals surface area contributed by atoms with Crippen LogP contribution in [0.2, 0.25) is 0 Å². The van der Waals surface area contributed by atoms with E-state index in [0.29, 0.717) is 12.8 Å². The second-order valence-corrected chi connectivity index (χ2v) is 4.09. The minimum atomic E-state index is -4.44. The Balaban J connectivity index is 3.05. The molecule has 98 valence electrons. The number of nitriles is 1. The summed E-state index contributed by atoms with van der Waals surface area (Å²) in [5.74, 6) is -0.924. The number of hydrogen-bond acceptors (Lipinski definition) is 2. The van der Waals surface area contributed by atoms with Crippen LogP contribution in [0.4, 0.5) is 13.2 Å². The predicted molar refractivity (Wildman–Crippen MR) is 60.7 cm³/mol. The molecule has 0 radical (unpaired) electrons. The summed E-state index contributed by atoms with van der Waals surface area (Å²) in [5.41, 5.74) is -0.600. The molecule has 0 aliphatic heterocycles. The Hall–Kier alpha value is -1.54. The normalized spacial score (nSPS) is 14.9. The van der Waals surface area contributed by atoms with Gasteiger partial charge in [-0.3, -0.25) is 0 Å².